The molecule has 1 aromatic carbocycles. The van der Waals surface area contributed by atoms with Crippen LogP contribution < -0.4 is 0 Å². The van der Waals surface area contributed by atoms with Crippen LogP contribution in [0.25, 0.3) is 0 Å². The molecule has 0 N–H and O–H groups in total. The van der Waals surface area contributed by atoms with Crippen molar-refractivity contribution in [2.24, 2.45) is 0 Å². The fourth-order valence-electron chi connectivity index (χ4n) is 3.46. The molecular formula is C20H22BrNO5. The third-order valence-corrected chi connectivity index (χ3v) is 5.45. The lowest BCUT2D eigenvalue weighted by Crippen LogP contribution is -2.32. The minimum absolute atomic E-state index is 0.0651. The van der Waals surface area contributed by atoms with E-state index in [2.05, 4.69) is 15.9 Å². The average Bonchev–Trinajstić information content (AvgIpc) is 3.19. The Hall–Kier alpha value is -2.12. The van der Waals surface area contributed by atoms with E-state index in [0.717, 1.165) is 29.5 Å². The number of carbonyl (C=O) groups excluding carboxylic acids is 2. The minimum Gasteiger partial charge on any atom is -0.466 e. The number of halogens is 1. The summed E-state index contributed by atoms with van der Waals surface area (Å²) < 4.78 is 16.5. The number of hydrogen-bond acceptors (Lipinski definition) is 6. The van der Waals surface area contributed by atoms with Crippen molar-refractivity contribution >= 4 is 27.9 Å². The van der Waals surface area contributed by atoms with Crippen LogP contribution in [0.15, 0.2) is 52.3 Å². The Morgan fingerprint density at radius 3 is 2.30 bits per heavy atom. The Morgan fingerprint density at radius 2 is 1.78 bits per heavy atom. The first kappa shape index (κ1) is 19.6. The van der Waals surface area contributed by atoms with Crippen LogP contribution in [0.5, 0.6) is 0 Å². The second-order valence-electron chi connectivity index (χ2n) is 6.44. The van der Waals surface area contributed by atoms with Gasteiger partial charge in [-0.25, -0.2) is 9.59 Å². The summed E-state index contributed by atoms with van der Waals surface area (Å²) in [6, 6.07) is 7.49. The molecule has 0 aromatic heterocycles. The maximum absolute atomic E-state index is 12.6. The van der Waals surface area contributed by atoms with Crippen molar-refractivity contribution in [3.8, 4) is 0 Å². The minimum atomic E-state index is -0.582. The summed E-state index contributed by atoms with van der Waals surface area (Å²) in [5.74, 6) is -1.55. The quantitative estimate of drug-likeness (QED) is 0.661. The fraction of sp³-hybridized carbons (Fsp3) is 0.400. The van der Waals surface area contributed by atoms with Gasteiger partial charge < -0.3 is 19.1 Å². The zero-order valence-corrected chi connectivity index (χ0v) is 16.9. The van der Waals surface area contributed by atoms with Crippen molar-refractivity contribution in [2.75, 3.05) is 27.4 Å². The predicted molar refractivity (Wildman–Crippen MR) is 103 cm³/mol. The molecule has 2 aliphatic heterocycles. The molecule has 0 unspecified atom stereocenters. The van der Waals surface area contributed by atoms with Crippen LogP contribution in [0.3, 0.4) is 0 Å². The number of hydrogen-bond donors (Lipinski definition) is 0. The largest absolute Gasteiger partial charge is 0.466 e. The van der Waals surface area contributed by atoms with Gasteiger partial charge >= 0.3 is 11.9 Å². The molecule has 2 aliphatic rings. The number of carbonyl (C=O) groups is 2. The van der Waals surface area contributed by atoms with Crippen LogP contribution in [-0.2, 0) is 23.8 Å². The van der Waals surface area contributed by atoms with Gasteiger partial charge in [0.1, 0.15) is 0 Å². The van der Waals surface area contributed by atoms with Crippen molar-refractivity contribution in [3.05, 3.63) is 57.8 Å². The Bertz CT molecular complexity index is 748. The van der Waals surface area contributed by atoms with Crippen molar-refractivity contribution in [1.29, 1.82) is 0 Å². The first-order chi connectivity index (χ1) is 13.0. The number of benzene rings is 1. The van der Waals surface area contributed by atoms with Crippen LogP contribution in [-0.4, -0.2) is 50.3 Å². The highest BCUT2D eigenvalue weighted by molar-refractivity contribution is 9.10. The molecule has 2 heterocycles. The summed E-state index contributed by atoms with van der Waals surface area (Å²) in [4.78, 5) is 26.9. The van der Waals surface area contributed by atoms with Gasteiger partial charge in [0.05, 0.1) is 37.4 Å². The second-order valence-corrected chi connectivity index (χ2v) is 7.29. The van der Waals surface area contributed by atoms with E-state index >= 15 is 0 Å². The van der Waals surface area contributed by atoms with Gasteiger partial charge in [0.25, 0.3) is 0 Å². The monoisotopic (exact) mass is 435 g/mol. The lowest BCUT2D eigenvalue weighted by atomic mass is 9.83. The third-order valence-electron chi connectivity index (χ3n) is 4.73. The molecule has 6 nitrogen and oxygen atoms in total. The van der Waals surface area contributed by atoms with Gasteiger partial charge in [0.15, 0.2) is 0 Å². The van der Waals surface area contributed by atoms with Crippen molar-refractivity contribution < 1.29 is 23.8 Å². The van der Waals surface area contributed by atoms with Crippen molar-refractivity contribution in [1.82, 2.24) is 4.90 Å². The van der Waals surface area contributed by atoms with Gasteiger partial charge in [-0.15, -0.1) is 0 Å². The zero-order valence-electron chi connectivity index (χ0n) is 15.3. The summed E-state index contributed by atoms with van der Waals surface area (Å²) in [5, 5.41) is 0. The first-order valence-electron chi connectivity index (χ1n) is 8.77. The van der Waals surface area contributed by atoms with E-state index in [1.807, 2.05) is 29.2 Å². The van der Waals surface area contributed by atoms with Crippen LogP contribution in [0.4, 0.5) is 0 Å². The molecule has 1 atom stereocenters. The molecule has 27 heavy (non-hydrogen) atoms. The van der Waals surface area contributed by atoms with Crippen LogP contribution in [0.2, 0.25) is 0 Å². The summed E-state index contributed by atoms with van der Waals surface area (Å²) in [6.45, 7) is 1.29. The third kappa shape index (κ3) is 4.25. The van der Waals surface area contributed by atoms with Gasteiger partial charge in [-0.1, -0.05) is 34.1 Å². The Balaban J connectivity index is 2.05. The molecule has 1 aromatic rings. The van der Waals surface area contributed by atoms with Crippen LogP contribution in [0, 0.1) is 0 Å². The van der Waals surface area contributed by atoms with Gasteiger partial charge in [0.2, 0.25) is 0 Å². The van der Waals surface area contributed by atoms with Gasteiger partial charge in [0, 0.05) is 30.0 Å². The first-order valence-corrected chi connectivity index (χ1v) is 9.56. The van der Waals surface area contributed by atoms with E-state index in [1.165, 1.54) is 14.2 Å². The summed E-state index contributed by atoms with van der Waals surface area (Å²) >= 11 is 3.52. The van der Waals surface area contributed by atoms with Crippen molar-refractivity contribution in [3.63, 3.8) is 0 Å². The molecule has 0 aliphatic carbocycles. The van der Waals surface area contributed by atoms with Crippen molar-refractivity contribution in [2.45, 2.75) is 24.9 Å². The number of esters is 2. The maximum atomic E-state index is 12.6. The fourth-order valence-corrected chi connectivity index (χ4v) is 3.97. The second kappa shape index (κ2) is 8.71. The summed E-state index contributed by atoms with van der Waals surface area (Å²) in [5.41, 5.74) is 1.55. The summed E-state index contributed by atoms with van der Waals surface area (Å²) in [7, 11) is 2.67. The van der Waals surface area contributed by atoms with E-state index < -0.39 is 17.9 Å². The van der Waals surface area contributed by atoms with Gasteiger partial charge in [-0.3, -0.25) is 0 Å². The smallest absolute Gasteiger partial charge is 0.336 e. The lowest BCUT2D eigenvalue weighted by Gasteiger charge is -2.31. The highest BCUT2D eigenvalue weighted by atomic mass is 79.9. The van der Waals surface area contributed by atoms with E-state index in [-0.39, 0.29) is 6.10 Å². The molecule has 0 spiro atoms. The highest BCUT2D eigenvalue weighted by Crippen LogP contribution is 2.40. The highest BCUT2D eigenvalue weighted by Gasteiger charge is 2.36. The number of rotatable bonds is 5. The molecular weight excluding hydrogens is 414 g/mol. The molecule has 0 amide bonds. The molecule has 1 saturated heterocycles. The molecule has 7 heteroatoms. The Labute approximate surface area is 166 Å². The van der Waals surface area contributed by atoms with E-state index in [4.69, 9.17) is 14.2 Å². The van der Waals surface area contributed by atoms with E-state index in [9.17, 15) is 9.59 Å². The van der Waals surface area contributed by atoms with E-state index in [0.29, 0.717) is 17.7 Å². The zero-order chi connectivity index (χ0) is 19.4. The van der Waals surface area contributed by atoms with Crippen LogP contribution >= 0.6 is 15.9 Å². The van der Waals surface area contributed by atoms with Crippen LogP contribution in [0.1, 0.15) is 24.3 Å². The molecule has 144 valence electrons. The lowest BCUT2D eigenvalue weighted by molar-refractivity contribution is -0.137. The number of methoxy groups -OCH3 is 2. The predicted octanol–water partition coefficient (Wildman–Crippen LogP) is 3.14. The average molecular weight is 436 g/mol. The maximum Gasteiger partial charge on any atom is 0.336 e. The number of nitrogens with zero attached hydrogens (tertiary/aromatic N) is 1. The molecule has 0 radical (unpaired) electrons. The standard InChI is InChI=1S/C20H22BrNO5/c1-25-19(23)15-11-22(10-13-6-5-9-27-13)12-16(20(24)26-2)18(15)14-7-3-4-8-17(14)21/h3-4,7-8,11-13,18H,5-6,9-10H2,1-2H3/t13-/m1/s1. The SMILES string of the molecule is COC(=O)C1=CN(C[C@H]2CCCO2)C=C(C(=O)OC)C1c1ccccc1Br. The number of ether oxygens (including phenoxy) is 3. The molecule has 1 fully saturated rings. The Morgan fingerprint density at radius 1 is 1.15 bits per heavy atom. The topological polar surface area (TPSA) is 65.1 Å². The van der Waals surface area contributed by atoms with Gasteiger partial charge in [-0.05, 0) is 24.5 Å². The molecule has 0 bridgehead atoms. The molecule has 0 saturated carbocycles. The Kier molecular flexibility index (Phi) is 6.34. The normalized spacial score (nSPS) is 20.1. The molecule has 3 rings (SSSR count). The van der Waals surface area contributed by atoms with Gasteiger partial charge in [-0.2, -0.15) is 0 Å². The summed E-state index contributed by atoms with van der Waals surface area (Å²) in [6.07, 6.45) is 5.51. The van der Waals surface area contributed by atoms with E-state index in [1.54, 1.807) is 12.4 Å².